The minimum Gasteiger partial charge on any atom is -0.310 e. The van der Waals surface area contributed by atoms with Crippen molar-refractivity contribution in [2.75, 3.05) is 0 Å². The topological polar surface area (TPSA) is 32.6 Å². The number of para-hydroxylation sites is 4. The molecule has 0 aliphatic heterocycles. The standard InChI is InChI=1S/C57H39N5/c1-6-18-38(19-7-1)56-58-57-55(62(56)44-26-14-5-15-27-44)54-52(61(57)43-24-12-4-13-25-43)35-34-51-53(54)47-37-40(31-33-50(47)60(51)42-22-10-3-11-23-42)39-30-32-49-46(36-39)45-28-16-17-29-48(45)59(49)41-20-8-2-9-21-41/h1-15,17-27,29-37H,16,28H2. The molecule has 0 unspecified atom stereocenters. The Kier molecular flexibility index (Phi) is 7.66. The maximum atomic E-state index is 5.59. The molecule has 0 amide bonds. The molecule has 292 valence electrons. The van der Waals surface area contributed by atoms with E-state index in [4.69, 9.17) is 4.98 Å². The van der Waals surface area contributed by atoms with Gasteiger partial charge in [0.15, 0.2) is 5.65 Å². The Hall–Kier alpha value is -8.15. The van der Waals surface area contributed by atoms with Crippen LogP contribution >= 0.6 is 0 Å². The van der Waals surface area contributed by atoms with E-state index in [0.29, 0.717) is 0 Å². The highest BCUT2D eigenvalue weighted by Gasteiger charge is 2.27. The third-order valence-corrected chi connectivity index (χ3v) is 12.8. The molecule has 0 atom stereocenters. The molecular formula is C57H39N5. The first-order chi connectivity index (χ1) is 30.8. The lowest BCUT2D eigenvalue weighted by atomic mass is 9.97. The van der Waals surface area contributed by atoms with E-state index in [1.54, 1.807) is 0 Å². The van der Waals surface area contributed by atoms with Crippen LogP contribution in [0.3, 0.4) is 0 Å². The second-order valence-corrected chi connectivity index (χ2v) is 16.3. The van der Waals surface area contributed by atoms with E-state index in [0.717, 1.165) is 69.0 Å². The van der Waals surface area contributed by atoms with Gasteiger partial charge in [-0.05, 0) is 121 Å². The Morgan fingerprint density at radius 2 is 0.871 bits per heavy atom. The lowest BCUT2D eigenvalue weighted by molar-refractivity contribution is 0.967. The van der Waals surface area contributed by atoms with Crippen LogP contribution < -0.4 is 0 Å². The molecule has 0 saturated heterocycles. The molecule has 1 aliphatic carbocycles. The first-order valence-corrected chi connectivity index (χ1v) is 21.5. The fourth-order valence-corrected chi connectivity index (χ4v) is 10.2. The fraction of sp³-hybridized carbons (Fsp3) is 0.0351. The molecule has 0 N–H and O–H groups in total. The minimum atomic E-state index is 0.909. The Morgan fingerprint density at radius 1 is 0.387 bits per heavy atom. The number of hydrogen-bond donors (Lipinski definition) is 0. The van der Waals surface area contributed by atoms with Crippen LogP contribution in [0.2, 0.25) is 0 Å². The molecule has 5 nitrogen and oxygen atoms in total. The largest absolute Gasteiger partial charge is 0.310 e. The van der Waals surface area contributed by atoms with Gasteiger partial charge in [0.05, 0.1) is 22.1 Å². The van der Waals surface area contributed by atoms with Crippen LogP contribution in [0.1, 0.15) is 17.7 Å². The third kappa shape index (κ3) is 5.12. The van der Waals surface area contributed by atoms with E-state index >= 15 is 0 Å². The summed E-state index contributed by atoms with van der Waals surface area (Å²) in [5.41, 5.74) is 17.3. The molecule has 4 heterocycles. The van der Waals surface area contributed by atoms with Crippen molar-refractivity contribution in [3.63, 3.8) is 0 Å². The number of imidazole rings is 1. The summed E-state index contributed by atoms with van der Waals surface area (Å²) >= 11 is 0. The lowest BCUT2D eigenvalue weighted by Crippen LogP contribution is -1.99. The van der Waals surface area contributed by atoms with Gasteiger partial charge in [-0.25, -0.2) is 4.98 Å². The van der Waals surface area contributed by atoms with Gasteiger partial charge in [0.2, 0.25) is 0 Å². The number of aryl methyl sites for hydroxylation is 1. The van der Waals surface area contributed by atoms with E-state index in [1.165, 1.54) is 55.1 Å². The summed E-state index contributed by atoms with van der Waals surface area (Å²) in [7, 11) is 0. The molecule has 0 saturated carbocycles. The van der Waals surface area contributed by atoms with Gasteiger partial charge in [-0.3, -0.25) is 9.13 Å². The summed E-state index contributed by atoms with van der Waals surface area (Å²) in [4.78, 5) is 5.59. The van der Waals surface area contributed by atoms with E-state index in [9.17, 15) is 0 Å². The van der Waals surface area contributed by atoms with Crippen molar-refractivity contribution in [3.8, 4) is 45.3 Å². The second-order valence-electron chi connectivity index (χ2n) is 16.3. The van der Waals surface area contributed by atoms with Crippen molar-refractivity contribution in [2.45, 2.75) is 12.8 Å². The van der Waals surface area contributed by atoms with Crippen molar-refractivity contribution >= 4 is 60.9 Å². The van der Waals surface area contributed by atoms with Gasteiger partial charge in [-0.2, -0.15) is 0 Å². The number of benzene rings is 8. The van der Waals surface area contributed by atoms with Gasteiger partial charge in [0, 0.05) is 55.6 Å². The lowest BCUT2D eigenvalue weighted by Gasteiger charge is -2.11. The molecule has 5 heteroatoms. The molecule has 0 radical (unpaired) electrons. The molecule has 1 aliphatic rings. The number of rotatable bonds is 6. The van der Waals surface area contributed by atoms with Crippen LogP contribution in [-0.2, 0) is 6.42 Å². The van der Waals surface area contributed by atoms with Crippen LogP contribution in [0, 0.1) is 0 Å². The Bertz CT molecular complexity index is 3700. The Labute approximate surface area is 358 Å². The zero-order valence-electron chi connectivity index (χ0n) is 33.9. The van der Waals surface area contributed by atoms with Crippen LogP contribution in [0.15, 0.2) is 206 Å². The average Bonchev–Trinajstić information content (AvgIpc) is 4.08. The predicted octanol–water partition coefficient (Wildman–Crippen LogP) is 14.3. The number of hydrogen-bond acceptors (Lipinski definition) is 1. The van der Waals surface area contributed by atoms with Gasteiger partial charge < -0.3 is 9.13 Å². The summed E-state index contributed by atoms with van der Waals surface area (Å²) < 4.78 is 9.60. The Morgan fingerprint density at radius 3 is 1.48 bits per heavy atom. The summed E-state index contributed by atoms with van der Waals surface area (Å²) in [5.74, 6) is 0.909. The molecule has 12 aromatic rings. The first-order valence-electron chi connectivity index (χ1n) is 21.5. The zero-order valence-corrected chi connectivity index (χ0v) is 33.9. The fourth-order valence-electron chi connectivity index (χ4n) is 10.2. The predicted molar refractivity (Wildman–Crippen MR) is 257 cm³/mol. The third-order valence-electron chi connectivity index (χ3n) is 12.8. The maximum absolute atomic E-state index is 5.59. The second kappa shape index (κ2) is 13.7. The average molecular weight is 794 g/mol. The summed E-state index contributed by atoms with van der Waals surface area (Å²) in [6.07, 6.45) is 6.71. The maximum Gasteiger partial charge on any atom is 0.165 e. The van der Waals surface area contributed by atoms with Gasteiger partial charge in [0.25, 0.3) is 0 Å². The molecule has 0 bridgehead atoms. The Balaban J connectivity index is 1.16. The van der Waals surface area contributed by atoms with Crippen molar-refractivity contribution in [3.05, 3.63) is 218 Å². The highest BCUT2D eigenvalue weighted by atomic mass is 15.2. The molecule has 8 aromatic carbocycles. The van der Waals surface area contributed by atoms with Crippen molar-refractivity contribution in [1.82, 2.24) is 23.3 Å². The van der Waals surface area contributed by atoms with E-state index in [2.05, 4.69) is 231 Å². The molecule has 0 spiro atoms. The molecule has 4 aromatic heterocycles. The van der Waals surface area contributed by atoms with Gasteiger partial charge in [-0.15, -0.1) is 0 Å². The van der Waals surface area contributed by atoms with Gasteiger partial charge in [-0.1, -0.05) is 121 Å². The number of allylic oxidation sites excluding steroid dienone is 1. The number of aromatic nitrogens is 5. The van der Waals surface area contributed by atoms with Gasteiger partial charge >= 0.3 is 0 Å². The molecular weight excluding hydrogens is 755 g/mol. The SMILES string of the molecule is C1=Cc2c(c3cc(-c4ccc5c(c4)c4c6c7c(nc(-c8ccccc8)n7-c7ccccc7)n(-c7ccccc7)c6ccc4n5-c4ccccc4)ccc3n2-c2ccccc2)CC1. The van der Waals surface area contributed by atoms with Crippen molar-refractivity contribution < 1.29 is 0 Å². The summed E-state index contributed by atoms with van der Waals surface area (Å²) in [5, 5.41) is 4.90. The highest BCUT2D eigenvalue weighted by Crippen LogP contribution is 2.46. The van der Waals surface area contributed by atoms with Crippen LogP contribution in [0.25, 0.3) is 106 Å². The van der Waals surface area contributed by atoms with Crippen LogP contribution in [-0.4, -0.2) is 23.3 Å². The van der Waals surface area contributed by atoms with Crippen molar-refractivity contribution in [2.24, 2.45) is 0 Å². The number of fused-ring (bicyclic) bond motifs is 10. The van der Waals surface area contributed by atoms with E-state index < -0.39 is 0 Å². The van der Waals surface area contributed by atoms with E-state index in [-0.39, 0.29) is 0 Å². The smallest absolute Gasteiger partial charge is 0.165 e. The molecule has 13 rings (SSSR count). The molecule has 0 fully saturated rings. The zero-order chi connectivity index (χ0) is 40.7. The van der Waals surface area contributed by atoms with Crippen LogP contribution in [0.5, 0.6) is 0 Å². The minimum absolute atomic E-state index is 0.909. The summed E-state index contributed by atoms with van der Waals surface area (Å²) in [6, 6.07) is 72.3. The van der Waals surface area contributed by atoms with E-state index in [1.807, 2.05) is 0 Å². The number of nitrogens with zero attached hydrogens (tertiary/aromatic N) is 5. The summed E-state index contributed by atoms with van der Waals surface area (Å²) in [6.45, 7) is 0. The normalized spacial score (nSPS) is 12.6. The van der Waals surface area contributed by atoms with Crippen molar-refractivity contribution in [1.29, 1.82) is 0 Å². The van der Waals surface area contributed by atoms with Gasteiger partial charge in [0.1, 0.15) is 11.3 Å². The first kappa shape index (κ1) is 34.7. The molecule has 62 heavy (non-hydrogen) atoms. The van der Waals surface area contributed by atoms with Crippen LogP contribution in [0.4, 0.5) is 0 Å². The monoisotopic (exact) mass is 793 g/mol. The quantitative estimate of drug-likeness (QED) is 0.165. The highest BCUT2D eigenvalue weighted by molar-refractivity contribution is 6.28.